The van der Waals surface area contributed by atoms with Crippen LogP contribution in [0, 0.1) is 0 Å². The molecule has 0 bridgehead atoms. The molecule has 0 aliphatic carbocycles. The number of ether oxygens (including phenoxy) is 1. The van der Waals surface area contributed by atoms with Crippen LogP contribution in [0.25, 0.3) is 0 Å². The van der Waals surface area contributed by atoms with E-state index in [4.69, 9.17) is 9.73 Å². The second kappa shape index (κ2) is 7.32. The summed E-state index contributed by atoms with van der Waals surface area (Å²) in [7, 11) is 0. The molecule has 2 fully saturated rings. The lowest BCUT2D eigenvalue weighted by Gasteiger charge is -2.32. The summed E-state index contributed by atoms with van der Waals surface area (Å²) in [5.41, 5.74) is 2.39. The SMILES string of the molecule is CC[C@H]1CSC2=N[C@@H](c3ccccn3)[C@@H](c3cccn3C[C@@H]3CCCO3)N21. The molecule has 0 amide bonds. The molecule has 5 nitrogen and oxygen atoms in total. The number of thioether (sulfide) groups is 1. The van der Waals surface area contributed by atoms with Crippen molar-refractivity contribution in [3.8, 4) is 0 Å². The van der Waals surface area contributed by atoms with Crippen molar-refractivity contribution in [3.05, 3.63) is 54.1 Å². The highest BCUT2D eigenvalue weighted by Gasteiger charge is 2.46. The molecule has 3 aliphatic rings. The first-order valence-electron chi connectivity index (χ1n) is 10.0. The second-order valence-corrected chi connectivity index (χ2v) is 8.54. The standard InChI is InChI=1S/C21H26N4OS/c1-2-15-14-27-21-23-19(17-8-3-4-10-22-17)20(25(15)21)18-9-5-11-24(18)13-16-7-6-12-26-16/h3-5,8-11,15-16,19-20H,2,6-7,12-14H2,1H3/t15-,16-,19-,20+/m0/s1. The van der Waals surface area contributed by atoms with E-state index in [0.29, 0.717) is 12.1 Å². The summed E-state index contributed by atoms with van der Waals surface area (Å²) >= 11 is 1.90. The van der Waals surface area contributed by atoms with Gasteiger partial charge in [-0.3, -0.25) is 9.98 Å². The molecule has 0 N–H and O–H groups in total. The largest absolute Gasteiger partial charge is 0.376 e. The van der Waals surface area contributed by atoms with Gasteiger partial charge in [-0.2, -0.15) is 0 Å². The first kappa shape index (κ1) is 17.3. The zero-order chi connectivity index (χ0) is 18.2. The van der Waals surface area contributed by atoms with Crippen molar-refractivity contribution in [2.75, 3.05) is 12.4 Å². The lowest BCUT2D eigenvalue weighted by Crippen LogP contribution is -2.36. The van der Waals surface area contributed by atoms with Crippen LogP contribution in [0.1, 0.15) is 49.7 Å². The Hall–Kier alpha value is -1.79. The predicted octanol–water partition coefficient (Wildman–Crippen LogP) is 4.04. The quantitative estimate of drug-likeness (QED) is 0.783. The van der Waals surface area contributed by atoms with E-state index in [-0.39, 0.29) is 12.1 Å². The predicted molar refractivity (Wildman–Crippen MR) is 109 cm³/mol. The Morgan fingerprint density at radius 3 is 3.00 bits per heavy atom. The van der Waals surface area contributed by atoms with Crippen molar-refractivity contribution in [2.24, 2.45) is 4.99 Å². The summed E-state index contributed by atoms with van der Waals surface area (Å²) in [6.07, 6.45) is 7.89. The highest BCUT2D eigenvalue weighted by atomic mass is 32.2. The topological polar surface area (TPSA) is 42.6 Å². The molecule has 0 saturated carbocycles. The van der Waals surface area contributed by atoms with Crippen LogP contribution in [0.15, 0.2) is 47.7 Å². The minimum atomic E-state index is 0.0567. The Morgan fingerprint density at radius 2 is 2.22 bits per heavy atom. The van der Waals surface area contributed by atoms with Crippen molar-refractivity contribution in [1.82, 2.24) is 14.5 Å². The van der Waals surface area contributed by atoms with Crippen molar-refractivity contribution < 1.29 is 4.74 Å². The monoisotopic (exact) mass is 382 g/mol. The Kier molecular flexibility index (Phi) is 4.70. The molecule has 27 heavy (non-hydrogen) atoms. The molecule has 2 saturated heterocycles. The van der Waals surface area contributed by atoms with Crippen LogP contribution >= 0.6 is 11.8 Å². The fraction of sp³-hybridized carbons (Fsp3) is 0.524. The molecule has 0 spiro atoms. The van der Waals surface area contributed by atoms with Crippen LogP contribution in [-0.4, -0.2) is 44.1 Å². The Labute approximate surface area is 164 Å². The Bertz CT molecular complexity index is 815. The van der Waals surface area contributed by atoms with Crippen molar-refractivity contribution in [2.45, 2.75) is 57.0 Å². The minimum Gasteiger partial charge on any atom is -0.376 e. The van der Waals surface area contributed by atoms with Crippen LogP contribution in [0.5, 0.6) is 0 Å². The third-order valence-electron chi connectivity index (χ3n) is 5.92. The van der Waals surface area contributed by atoms with Gasteiger partial charge in [0.2, 0.25) is 0 Å². The van der Waals surface area contributed by atoms with E-state index in [0.717, 1.165) is 37.4 Å². The van der Waals surface area contributed by atoms with Crippen molar-refractivity contribution >= 4 is 16.9 Å². The molecular weight excluding hydrogens is 356 g/mol. The third kappa shape index (κ3) is 3.09. The zero-order valence-corrected chi connectivity index (χ0v) is 16.5. The van der Waals surface area contributed by atoms with Crippen molar-refractivity contribution in [3.63, 3.8) is 0 Å². The lowest BCUT2D eigenvalue weighted by atomic mass is 9.99. The van der Waals surface area contributed by atoms with Gasteiger partial charge in [0, 0.05) is 43.0 Å². The Morgan fingerprint density at radius 1 is 1.26 bits per heavy atom. The van der Waals surface area contributed by atoms with Crippen LogP contribution in [0.3, 0.4) is 0 Å². The maximum atomic E-state index is 5.90. The third-order valence-corrected chi connectivity index (χ3v) is 7.05. The number of amidine groups is 1. The van der Waals surface area contributed by atoms with Gasteiger partial charge in [-0.1, -0.05) is 24.8 Å². The van der Waals surface area contributed by atoms with Gasteiger partial charge in [0.1, 0.15) is 6.04 Å². The molecule has 2 aromatic heterocycles. The fourth-order valence-electron chi connectivity index (χ4n) is 4.54. The van der Waals surface area contributed by atoms with Gasteiger partial charge in [0.25, 0.3) is 0 Å². The average molecular weight is 383 g/mol. The maximum absolute atomic E-state index is 5.90. The normalized spacial score (nSPS) is 30.0. The maximum Gasteiger partial charge on any atom is 0.160 e. The number of aliphatic imine (C=N–C) groups is 1. The average Bonchev–Trinajstić information content (AvgIpc) is 3.47. The van der Waals surface area contributed by atoms with Crippen LogP contribution in [0.2, 0.25) is 0 Å². The van der Waals surface area contributed by atoms with Gasteiger partial charge in [-0.25, -0.2) is 0 Å². The van der Waals surface area contributed by atoms with Crippen molar-refractivity contribution in [1.29, 1.82) is 0 Å². The lowest BCUT2D eigenvalue weighted by molar-refractivity contribution is 0.0950. The van der Waals surface area contributed by atoms with Gasteiger partial charge in [0.15, 0.2) is 5.17 Å². The first-order valence-corrected chi connectivity index (χ1v) is 11.0. The fourth-order valence-corrected chi connectivity index (χ4v) is 5.88. The summed E-state index contributed by atoms with van der Waals surface area (Å²) in [5, 5.41) is 1.19. The molecule has 0 aromatic carbocycles. The van der Waals surface area contributed by atoms with E-state index < -0.39 is 0 Å². The summed E-state index contributed by atoms with van der Waals surface area (Å²) in [5.74, 6) is 1.13. The van der Waals surface area contributed by atoms with Gasteiger partial charge >= 0.3 is 0 Å². The molecule has 2 aromatic rings. The molecule has 5 rings (SSSR count). The second-order valence-electron chi connectivity index (χ2n) is 7.56. The molecule has 0 radical (unpaired) electrons. The highest BCUT2D eigenvalue weighted by Crippen LogP contribution is 2.48. The number of pyridine rings is 1. The molecule has 4 atom stereocenters. The molecular formula is C21H26N4OS. The van der Waals surface area contributed by atoms with E-state index in [1.165, 1.54) is 17.3 Å². The van der Waals surface area contributed by atoms with E-state index in [1.54, 1.807) is 0 Å². The van der Waals surface area contributed by atoms with Gasteiger partial charge < -0.3 is 14.2 Å². The molecule has 3 aliphatic heterocycles. The smallest absolute Gasteiger partial charge is 0.160 e. The van der Waals surface area contributed by atoms with Gasteiger partial charge in [-0.05, 0) is 43.5 Å². The number of hydrogen-bond acceptors (Lipinski definition) is 5. The number of rotatable bonds is 5. The summed E-state index contributed by atoms with van der Waals surface area (Å²) in [6.45, 7) is 4.11. The number of nitrogens with zero attached hydrogens (tertiary/aromatic N) is 4. The van der Waals surface area contributed by atoms with E-state index in [1.807, 2.05) is 24.0 Å². The highest BCUT2D eigenvalue weighted by molar-refractivity contribution is 8.14. The first-order chi connectivity index (χ1) is 13.3. The van der Waals surface area contributed by atoms with Crippen LogP contribution in [-0.2, 0) is 11.3 Å². The number of fused-ring (bicyclic) bond motifs is 1. The molecule has 0 unspecified atom stereocenters. The summed E-state index contributed by atoms with van der Waals surface area (Å²) in [6, 6.07) is 11.4. The number of aromatic nitrogens is 2. The van der Waals surface area contributed by atoms with Crippen LogP contribution < -0.4 is 0 Å². The summed E-state index contributed by atoms with van der Waals surface area (Å²) < 4.78 is 8.30. The number of hydrogen-bond donors (Lipinski definition) is 0. The summed E-state index contributed by atoms with van der Waals surface area (Å²) in [4.78, 5) is 12.3. The molecule has 6 heteroatoms. The van der Waals surface area contributed by atoms with Gasteiger partial charge in [-0.15, -0.1) is 0 Å². The van der Waals surface area contributed by atoms with E-state index in [2.05, 4.69) is 51.8 Å². The van der Waals surface area contributed by atoms with Gasteiger partial charge in [0.05, 0.1) is 17.8 Å². The molecule has 5 heterocycles. The van der Waals surface area contributed by atoms with E-state index >= 15 is 0 Å². The Balaban J connectivity index is 1.52. The zero-order valence-electron chi connectivity index (χ0n) is 15.7. The van der Waals surface area contributed by atoms with E-state index in [9.17, 15) is 0 Å². The minimum absolute atomic E-state index is 0.0567. The van der Waals surface area contributed by atoms with Crippen LogP contribution in [0.4, 0.5) is 0 Å². The molecule has 142 valence electrons.